The summed E-state index contributed by atoms with van der Waals surface area (Å²) in [7, 11) is 0. The predicted molar refractivity (Wildman–Crippen MR) is 70.0 cm³/mol. The molecule has 2 N–H and O–H groups in total. The minimum Gasteiger partial charge on any atom is -0.308 e. The fourth-order valence-electron chi connectivity index (χ4n) is 1.43. The molecule has 2 rings (SSSR count). The number of amides is 2. The van der Waals surface area contributed by atoms with Gasteiger partial charge in [0.2, 0.25) is 5.82 Å². The number of hydrogen-bond donors (Lipinski definition) is 2. The molecule has 0 spiro atoms. The highest BCUT2D eigenvalue weighted by Gasteiger charge is 2.16. The van der Waals surface area contributed by atoms with Gasteiger partial charge in [-0.2, -0.15) is 0 Å². The van der Waals surface area contributed by atoms with E-state index < -0.39 is 11.0 Å². The fraction of sp³-hybridized carbons (Fsp3) is 0. The minimum absolute atomic E-state index is 0.0964. The average Bonchev–Trinajstić information content (AvgIpc) is 2.40. The molecule has 19 heavy (non-hydrogen) atoms. The number of carbonyl (C=O) groups excluding carboxylic acids is 1. The molecule has 0 fully saturated rings. The van der Waals surface area contributed by atoms with Crippen molar-refractivity contribution in [1.29, 1.82) is 0 Å². The molecule has 0 atom stereocenters. The van der Waals surface area contributed by atoms with Crippen molar-refractivity contribution >= 4 is 23.2 Å². The lowest BCUT2D eigenvalue weighted by atomic mass is 10.3. The summed E-state index contributed by atoms with van der Waals surface area (Å²) in [6.07, 6.45) is 1.37. The summed E-state index contributed by atoms with van der Waals surface area (Å²) in [6, 6.07) is 10.8. The molecule has 0 aliphatic carbocycles. The topological polar surface area (TPSA) is 97.2 Å². The molecule has 96 valence electrons. The van der Waals surface area contributed by atoms with Crippen LogP contribution in [-0.2, 0) is 0 Å². The van der Waals surface area contributed by atoms with Crippen molar-refractivity contribution in [1.82, 2.24) is 4.98 Å². The zero-order valence-electron chi connectivity index (χ0n) is 9.74. The van der Waals surface area contributed by atoms with Gasteiger partial charge in [-0.3, -0.25) is 15.4 Å². The lowest BCUT2D eigenvalue weighted by Crippen LogP contribution is -2.20. The molecule has 0 unspecified atom stereocenters. The first-order chi connectivity index (χ1) is 9.16. The SMILES string of the molecule is O=C(Nc1ccccc1)Nc1ncccc1[N+](=O)[O-]. The first-order valence-corrected chi connectivity index (χ1v) is 5.39. The van der Waals surface area contributed by atoms with E-state index in [4.69, 9.17) is 0 Å². The molecule has 0 radical (unpaired) electrons. The third-order valence-corrected chi connectivity index (χ3v) is 2.25. The Hall–Kier alpha value is -2.96. The zero-order chi connectivity index (χ0) is 13.7. The van der Waals surface area contributed by atoms with Crippen molar-refractivity contribution in [2.75, 3.05) is 10.6 Å². The van der Waals surface area contributed by atoms with E-state index in [1.54, 1.807) is 24.3 Å². The van der Waals surface area contributed by atoms with Gasteiger partial charge < -0.3 is 5.32 Å². The molecule has 0 saturated carbocycles. The Labute approximate surface area is 108 Å². The first kappa shape index (κ1) is 12.5. The second kappa shape index (κ2) is 5.58. The zero-order valence-corrected chi connectivity index (χ0v) is 9.74. The number of carbonyl (C=O) groups is 1. The van der Waals surface area contributed by atoms with E-state index in [1.165, 1.54) is 18.3 Å². The fourth-order valence-corrected chi connectivity index (χ4v) is 1.43. The number of nitro groups is 1. The van der Waals surface area contributed by atoms with Crippen molar-refractivity contribution in [3.63, 3.8) is 0 Å². The lowest BCUT2D eigenvalue weighted by Gasteiger charge is -2.06. The molecular formula is C12H10N4O3. The monoisotopic (exact) mass is 258 g/mol. The largest absolute Gasteiger partial charge is 0.325 e. The van der Waals surface area contributed by atoms with Crippen LogP contribution in [0.2, 0.25) is 0 Å². The number of anilines is 2. The molecule has 2 amide bonds. The molecule has 1 aromatic carbocycles. The smallest absolute Gasteiger partial charge is 0.308 e. The number of para-hydroxylation sites is 1. The van der Waals surface area contributed by atoms with Gasteiger partial charge in [0.15, 0.2) is 0 Å². The van der Waals surface area contributed by atoms with Crippen LogP contribution < -0.4 is 10.6 Å². The summed E-state index contributed by atoms with van der Waals surface area (Å²) < 4.78 is 0. The molecule has 7 heteroatoms. The van der Waals surface area contributed by atoms with E-state index in [2.05, 4.69) is 15.6 Å². The Morgan fingerprint density at radius 3 is 2.53 bits per heavy atom. The maximum atomic E-state index is 11.7. The summed E-state index contributed by atoms with van der Waals surface area (Å²) in [5, 5.41) is 15.6. The van der Waals surface area contributed by atoms with Gasteiger partial charge in [0, 0.05) is 18.0 Å². The molecule has 2 aromatic rings. The van der Waals surface area contributed by atoms with E-state index in [9.17, 15) is 14.9 Å². The van der Waals surface area contributed by atoms with Crippen molar-refractivity contribution < 1.29 is 9.72 Å². The normalized spacial score (nSPS) is 9.68. The number of hydrogen-bond acceptors (Lipinski definition) is 4. The van der Waals surface area contributed by atoms with Gasteiger partial charge in [-0.05, 0) is 18.2 Å². The van der Waals surface area contributed by atoms with E-state index >= 15 is 0 Å². The van der Waals surface area contributed by atoms with Crippen LogP contribution in [0.25, 0.3) is 0 Å². The summed E-state index contributed by atoms with van der Waals surface area (Å²) in [6.45, 7) is 0. The number of benzene rings is 1. The standard InChI is InChI=1S/C12H10N4O3/c17-12(14-9-5-2-1-3-6-9)15-11-10(16(18)19)7-4-8-13-11/h1-8H,(H2,13,14,15,17). The van der Waals surface area contributed by atoms with Crippen LogP contribution in [0.15, 0.2) is 48.7 Å². The molecular weight excluding hydrogens is 248 g/mol. The molecule has 1 heterocycles. The summed E-state index contributed by atoms with van der Waals surface area (Å²) in [4.78, 5) is 25.6. The highest BCUT2D eigenvalue weighted by Crippen LogP contribution is 2.20. The predicted octanol–water partition coefficient (Wildman–Crippen LogP) is 2.63. The van der Waals surface area contributed by atoms with E-state index in [0.717, 1.165) is 0 Å². The second-order valence-electron chi connectivity index (χ2n) is 3.57. The van der Waals surface area contributed by atoms with Crippen LogP contribution in [0.5, 0.6) is 0 Å². The maximum absolute atomic E-state index is 11.7. The Kier molecular flexibility index (Phi) is 3.67. The second-order valence-corrected chi connectivity index (χ2v) is 3.57. The van der Waals surface area contributed by atoms with Crippen LogP contribution in [0.1, 0.15) is 0 Å². The van der Waals surface area contributed by atoms with Gasteiger partial charge in [0.05, 0.1) is 4.92 Å². The number of rotatable bonds is 3. The highest BCUT2D eigenvalue weighted by molar-refractivity contribution is 6.00. The van der Waals surface area contributed by atoms with E-state index in [0.29, 0.717) is 5.69 Å². The van der Waals surface area contributed by atoms with Crippen LogP contribution in [0.3, 0.4) is 0 Å². The Morgan fingerprint density at radius 1 is 1.11 bits per heavy atom. The van der Waals surface area contributed by atoms with Gasteiger partial charge in [-0.1, -0.05) is 18.2 Å². The van der Waals surface area contributed by atoms with E-state index in [-0.39, 0.29) is 11.5 Å². The summed E-state index contributed by atoms with van der Waals surface area (Å²) in [5.74, 6) is -0.0964. The van der Waals surface area contributed by atoms with Gasteiger partial charge >= 0.3 is 11.7 Å². The van der Waals surface area contributed by atoms with Crippen molar-refractivity contribution in [2.45, 2.75) is 0 Å². The summed E-state index contributed by atoms with van der Waals surface area (Å²) >= 11 is 0. The first-order valence-electron chi connectivity index (χ1n) is 5.39. The molecule has 1 aromatic heterocycles. The maximum Gasteiger partial charge on any atom is 0.325 e. The number of nitrogens with zero attached hydrogens (tertiary/aromatic N) is 2. The Bertz CT molecular complexity index is 601. The third-order valence-electron chi connectivity index (χ3n) is 2.25. The van der Waals surface area contributed by atoms with Crippen molar-refractivity contribution in [2.24, 2.45) is 0 Å². The van der Waals surface area contributed by atoms with Crippen molar-refractivity contribution in [3.05, 3.63) is 58.8 Å². The summed E-state index contributed by atoms with van der Waals surface area (Å²) in [5.41, 5.74) is 0.323. The number of aromatic nitrogens is 1. The van der Waals surface area contributed by atoms with Gasteiger partial charge in [0.25, 0.3) is 0 Å². The molecule has 7 nitrogen and oxygen atoms in total. The van der Waals surface area contributed by atoms with Crippen LogP contribution in [0.4, 0.5) is 22.0 Å². The molecule has 0 saturated heterocycles. The molecule has 0 aliphatic heterocycles. The van der Waals surface area contributed by atoms with Crippen LogP contribution in [-0.4, -0.2) is 15.9 Å². The van der Waals surface area contributed by atoms with Crippen LogP contribution in [0, 0.1) is 10.1 Å². The Balaban J connectivity index is 2.09. The van der Waals surface area contributed by atoms with Gasteiger partial charge in [-0.15, -0.1) is 0 Å². The van der Waals surface area contributed by atoms with Crippen LogP contribution >= 0.6 is 0 Å². The third kappa shape index (κ3) is 3.25. The lowest BCUT2D eigenvalue weighted by molar-refractivity contribution is -0.384. The molecule has 0 aliphatic rings. The average molecular weight is 258 g/mol. The minimum atomic E-state index is -0.606. The number of urea groups is 1. The number of nitrogens with one attached hydrogen (secondary N) is 2. The van der Waals surface area contributed by atoms with Crippen molar-refractivity contribution in [3.8, 4) is 0 Å². The van der Waals surface area contributed by atoms with E-state index in [1.807, 2.05) is 6.07 Å². The van der Waals surface area contributed by atoms with Gasteiger partial charge in [0.1, 0.15) is 0 Å². The molecule has 0 bridgehead atoms. The highest BCUT2D eigenvalue weighted by atomic mass is 16.6. The number of pyridine rings is 1. The van der Waals surface area contributed by atoms with Gasteiger partial charge in [-0.25, -0.2) is 9.78 Å². The Morgan fingerprint density at radius 2 is 1.84 bits per heavy atom. The quantitative estimate of drug-likeness (QED) is 0.653.